The minimum Gasteiger partial charge on any atom is -0.456 e. The number of halogens is 6. The van der Waals surface area contributed by atoms with Crippen LogP contribution in [0.1, 0.15) is 21.6 Å². The van der Waals surface area contributed by atoms with Gasteiger partial charge in [0, 0.05) is 18.9 Å². The average Bonchev–Trinajstić information content (AvgIpc) is 3.29. The minimum absolute atomic E-state index is 0.0137. The molecule has 4 aromatic rings. The summed E-state index contributed by atoms with van der Waals surface area (Å²) in [6, 6.07) is 14.1. The highest BCUT2D eigenvalue weighted by Crippen LogP contribution is 2.33. The van der Waals surface area contributed by atoms with E-state index in [1.165, 1.54) is 41.1 Å². The molecule has 11 heteroatoms. The highest BCUT2D eigenvalue weighted by atomic mass is 35.5. The van der Waals surface area contributed by atoms with E-state index in [9.17, 15) is 22.4 Å². The van der Waals surface area contributed by atoms with Crippen molar-refractivity contribution in [1.29, 1.82) is 0 Å². The molecule has 0 saturated carbocycles. The van der Waals surface area contributed by atoms with E-state index >= 15 is 0 Å². The summed E-state index contributed by atoms with van der Waals surface area (Å²) in [5.74, 6) is -0.149. The number of benzene rings is 2. The molecule has 0 bridgehead atoms. The van der Waals surface area contributed by atoms with Crippen molar-refractivity contribution in [3.05, 3.63) is 106 Å². The van der Waals surface area contributed by atoms with E-state index in [0.717, 1.165) is 6.07 Å². The van der Waals surface area contributed by atoms with E-state index in [0.29, 0.717) is 23.3 Å². The molecule has 0 atom stereocenters. The van der Waals surface area contributed by atoms with Crippen LogP contribution >= 0.6 is 23.2 Å². The van der Waals surface area contributed by atoms with Crippen LogP contribution in [0, 0.1) is 5.82 Å². The quantitative estimate of drug-likeness (QED) is 0.275. The Morgan fingerprint density at radius 1 is 1.03 bits per heavy atom. The number of aromatic nitrogens is 2. The lowest BCUT2D eigenvalue weighted by atomic mass is 10.2. The Morgan fingerprint density at radius 3 is 2.43 bits per heavy atom. The van der Waals surface area contributed by atoms with Gasteiger partial charge in [-0.3, -0.25) is 9.36 Å². The molecule has 2 aromatic carbocycles. The van der Waals surface area contributed by atoms with E-state index in [4.69, 9.17) is 27.9 Å². The molecule has 0 aliphatic carbocycles. The Kier molecular flexibility index (Phi) is 7.00. The van der Waals surface area contributed by atoms with E-state index in [-0.39, 0.29) is 28.1 Å². The average molecular weight is 524 g/mol. The second kappa shape index (κ2) is 9.97. The van der Waals surface area contributed by atoms with Crippen LogP contribution < -0.4 is 10.1 Å². The van der Waals surface area contributed by atoms with Crippen LogP contribution in [0.15, 0.2) is 73.1 Å². The first-order chi connectivity index (χ1) is 16.6. The van der Waals surface area contributed by atoms with Crippen LogP contribution in [0.3, 0.4) is 0 Å². The fourth-order valence-corrected chi connectivity index (χ4v) is 3.65. The van der Waals surface area contributed by atoms with E-state index < -0.39 is 23.5 Å². The van der Waals surface area contributed by atoms with Gasteiger partial charge in [-0.15, -0.1) is 0 Å². The second-order valence-corrected chi connectivity index (χ2v) is 8.11. The van der Waals surface area contributed by atoms with Crippen molar-refractivity contribution in [3.8, 4) is 17.3 Å². The fourth-order valence-electron chi connectivity index (χ4n) is 3.15. The number of ether oxygens (including phenoxy) is 1. The number of hydrogen-bond donors (Lipinski definition) is 1. The van der Waals surface area contributed by atoms with Gasteiger partial charge >= 0.3 is 6.18 Å². The van der Waals surface area contributed by atoms with E-state index in [1.807, 2.05) is 0 Å². The molecule has 1 amide bonds. The number of carbonyl (C=O) groups excluding carboxylic acids is 1. The smallest absolute Gasteiger partial charge is 0.417 e. The summed E-state index contributed by atoms with van der Waals surface area (Å²) in [4.78, 5) is 16.5. The molecule has 35 heavy (non-hydrogen) atoms. The summed E-state index contributed by atoms with van der Waals surface area (Å²) in [5, 5.41) is 2.74. The number of carbonyl (C=O) groups is 1. The maximum Gasteiger partial charge on any atom is 0.417 e. The molecule has 2 aromatic heterocycles. The third-order valence-corrected chi connectivity index (χ3v) is 5.42. The fraction of sp³-hybridized carbons (Fsp3) is 0.0833. The third-order valence-electron chi connectivity index (χ3n) is 4.85. The van der Waals surface area contributed by atoms with Crippen molar-refractivity contribution < 1.29 is 27.1 Å². The zero-order chi connectivity index (χ0) is 25.2. The molecular weight excluding hydrogens is 509 g/mol. The Labute approximate surface area is 206 Å². The number of pyridine rings is 1. The standard InChI is InChI=1S/C24H15Cl2F4N3O2/c25-18-10-14(3-8-21(18)35-17-6-4-16(27)5-7-17)12-32-23(34)20-2-1-9-33(20)22-19(26)11-15(13-31-22)24(28,29)30/h1-11,13H,12H2,(H,32,34). The van der Waals surface area contributed by atoms with Crippen molar-refractivity contribution in [2.24, 2.45) is 0 Å². The van der Waals surface area contributed by atoms with Crippen LogP contribution in [0.25, 0.3) is 5.82 Å². The molecule has 180 valence electrons. The minimum atomic E-state index is -4.59. The van der Waals surface area contributed by atoms with Crippen LogP contribution in [0.5, 0.6) is 11.5 Å². The lowest BCUT2D eigenvalue weighted by Crippen LogP contribution is -2.25. The van der Waals surface area contributed by atoms with E-state index in [2.05, 4.69) is 10.3 Å². The maximum absolute atomic E-state index is 13.0. The molecular formula is C24H15Cl2F4N3O2. The van der Waals surface area contributed by atoms with Crippen LogP contribution in [0.4, 0.5) is 17.6 Å². The van der Waals surface area contributed by atoms with Gasteiger partial charge in [-0.25, -0.2) is 9.37 Å². The number of nitrogens with one attached hydrogen (secondary N) is 1. The first-order valence-corrected chi connectivity index (χ1v) is 10.8. The molecule has 0 radical (unpaired) electrons. The Balaban J connectivity index is 1.45. The highest BCUT2D eigenvalue weighted by molar-refractivity contribution is 6.32. The van der Waals surface area contributed by atoms with Gasteiger partial charge in [-0.1, -0.05) is 29.3 Å². The monoisotopic (exact) mass is 523 g/mol. The van der Waals surface area contributed by atoms with Crippen LogP contribution in [-0.2, 0) is 12.7 Å². The van der Waals surface area contributed by atoms with Crippen molar-refractivity contribution in [1.82, 2.24) is 14.9 Å². The Morgan fingerprint density at radius 2 is 1.77 bits per heavy atom. The Bertz CT molecular complexity index is 1370. The zero-order valence-electron chi connectivity index (χ0n) is 17.6. The number of rotatable bonds is 6. The molecule has 1 N–H and O–H groups in total. The largest absolute Gasteiger partial charge is 0.456 e. The molecule has 0 spiro atoms. The summed E-state index contributed by atoms with van der Waals surface area (Å²) in [5.41, 5.74) is -0.201. The number of nitrogens with zero attached hydrogens (tertiary/aromatic N) is 2. The molecule has 0 saturated heterocycles. The van der Waals surface area contributed by atoms with Gasteiger partial charge in [0.15, 0.2) is 5.82 Å². The zero-order valence-corrected chi connectivity index (χ0v) is 19.1. The van der Waals surface area contributed by atoms with Gasteiger partial charge in [0.05, 0.1) is 15.6 Å². The molecule has 2 heterocycles. The van der Waals surface area contributed by atoms with Gasteiger partial charge in [-0.05, 0) is 60.2 Å². The summed E-state index contributed by atoms with van der Waals surface area (Å²) >= 11 is 12.3. The lowest BCUT2D eigenvalue weighted by Gasteiger charge is -2.13. The predicted octanol–water partition coefficient (Wildman–Crippen LogP) is 7.06. The molecule has 4 rings (SSSR count). The third kappa shape index (κ3) is 5.75. The Hall–Kier alpha value is -3.56. The second-order valence-electron chi connectivity index (χ2n) is 7.29. The van der Waals surface area contributed by atoms with Crippen LogP contribution in [0.2, 0.25) is 10.0 Å². The summed E-state index contributed by atoms with van der Waals surface area (Å²) in [6.07, 6.45) is -2.47. The van der Waals surface area contributed by atoms with E-state index in [1.54, 1.807) is 24.3 Å². The summed E-state index contributed by atoms with van der Waals surface area (Å²) in [7, 11) is 0. The number of alkyl halides is 3. The number of amides is 1. The van der Waals surface area contributed by atoms with Gasteiger partial charge in [0.1, 0.15) is 23.0 Å². The van der Waals surface area contributed by atoms with Gasteiger partial charge in [0.2, 0.25) is 0 Å². The van der Waals surface area contributed by atoms with Crippen LogP contribution in [-0.4, -0.2) is 15.5 Å². The first kappa shape index (κ1) is 24.6. The molecule has 5 nitrogen and oxygen atoms in total. The lowest BCUT2D eigenvalue weighted by molar-refractivity contribution is -0.137. The van der Waals surface area contributed by atoms with Crippen molar-refractivity contribution in [2.45, 2.75) is 12.7 Å². The van der Waals surface area contributed by atoms with Crippen molar-refractivity contribution in [3.63, 3.8) is 0 Å². The summed E-state index contributed by atoms with van der Waals surface area (Å²) < 4.78 is 58.6. The molecule has 0 aliphatic rings. The summed E-state index contributed by atoms with van der Waals surface area (Å²) in [6.45, 7) is 0.106. The van der Waals surface area contributed by atoms with Crippen molar-refractivity contribution in [2.75, 3.05) is 0 Å². The highest BCUT2D eigenvalue weighted by Gasteiger charge is 2.32. The predicted molar refractivity (Wildman–Crippen MR) is 123 cm³/mol. The van der Waals surface area contributed by atoms with Gasteiger partial charge in [-0.2, -0.15) is 13.2 Å². The van der Waals surface area contributed by atoms with Gasteiger partial charge in [0.25, 0.3) is 5.91 Å². The van der Waals surface area contributed by atoms with Crippen molar-refractivity contribution >= 4 is 29.1 Å². The topological polar surface area (TPSA) is 56.1 Å². The molecule has 0 fully saturated rings. The first-order valence-electron chi connectivity index (χ1n) is 10.0. The molecule has 0 unspecified atom stereocenters. The molecule has 0 aliphatic heterocycles. The maximum atomic E-state index is 13.0. The van der Waals surface area contributed by atoms with Gasteiger partial charge < -0.3 is 10.1 Å². The normalized spacial score (nSPS) is 11.4. The number of hydrogen-bond acceptors (Lipinski definition) is 3. The SMILES string of the molecule is O=C(NCc1ccc(Oc2ccc(F)cc2)c(Cl)c1)c1cccn1-c1ncc(C(F)(F)F)cc1Cl.